The Morgan fingerprint density at radius 3 is 2.75 bits per heavy atom. The van der Waals surface area contributed by atoms with E-state index in [4.69, 9.17) is 10.5 Å². The summed E-state index contributed by atoms with van der Waals surface area (Å²) in [5.41, 5.74) is 5.48. The molecule has 4 heteroatoms. The molecule has 0 saturated heterocycles. The Bertz CT molecular complexity index is 370. The second-order valence-corrected chi connectivity index (χ2v) is 4.14. The van der Waals surface area contributed by atoms with E-state index in [-0.39, 0.29) is 5.91 Å². The molecule has 0 unspecified atom stereocenters. The van der Waals surface area contributed by atoms with Crippen molar-refractivity contribution in [3.05, 3.63) is 24.3 Å². The molecule has 0 aliphatic carbocycles. The number of hydrogen-bond donors (Lipinski definition) is 2. The molecule has 0 bridgehead atoms. The normalized spacial score (nSPS) is 11.0. The third-order valence-electron chi connectivity index (χ3n) is 1.99. The van der Waals surface area contributed by atoms with Crippen LogP contribution >= 0.6 is 0 Å². The first-order valence-electron chi connectivity index (χ1n) is 5.26. The van der Waals surface area contributed by atoms with Gasteiger partial charge in [0.25, 0.3) is 0 Å². The number of nitrogens with two attached hydrogens (primary N) is 1. The number of hydrogen-bond acceptors (Lipinski definition) is 3. The van der Waals surface area contributed by atoms with Crippen LogP contribution in [0.5, 0.6) is 5.75 Å². The van der Waals surface area contributed by atoms with Gasteiger partial charge in [0.1, 0.15) is 5.75 Å². The van der Waals surface area contributed by atoms with Crippen molar-refractivity contribution in [2.24, 2.45) is 5.73 Å². The average molecular weight is 222 g/mol. The number of rotatable bonds is 4. The average Bonchev–Trinajstić information content (AvgIpc) is 2.17. The standard InChI is InChI=1S/C12H18N2O2/c1-4-16-10-7-5-6-9(8-10)14-11(15)12(2,3)13/h5-8H,4,13H2,1-3H3,(H,14,15). The minimum Gasteiger partial charge on any atom is -0.494 e. The summed E-state index contributed by atoms with van der Waals surface area (Å²) in [6.45, 7) is 5.83. The van der Waals surface area contributed by atoms with Gasteiger partial charge in [0.15, 0.2) is 0 Å². The van der Waals surface area contributed by atoms with E-state index in [1.54, 1.807) is 26.0 Å². The van der Waals surface area contributed by atoms with Gasteiger partial charge >= 0.3 is 0 Å². The molecule has 0 aliphatic rings. The topological polar surface area (TPSA) is 64.3 Å². The zero-order chi connectivity index (χ0) is 12.2. The van der Waals surface area contributed by atoms with E-state index < -0.39 is 5.54 Å². The molecule has 0 fully saturated rings. The number of ether oxygens (including phenoxy) is 1. The molecule has 0 radical (unpaired) electrons. The van der Waals surface area contributed by atoms with Crippen molar-refractivity contribution in [3.8, 4) is 5.75 Å². The van der Waals surface area contributed by atoms with Crippen LogP contribution in [-0.2, 0) is 4.79 Å². The van der Waals surface area contributed by atoms with Crippen molar-refractivity contribution >= 4 is 11.6 Å². The first-order valence-corrected chi connectivity index (χ1v) is 5.26. The van der Waals surface area contributed by atoms with Gasteiger partial charge in [-0.05, 0) is 32.9 Å². The number of nitrogens with one attached hydrogen (secondary N) is 1. The zero-order valence-corrected chi connectivity index (χ0v) is 9.91. The van der Waals surface area contributed by atoms with Crippen molar-refractivity contribution in [3.63, 3.8) is 0 Å². The minimum absolute atomic E-state index is 0.221. The molecule has 1 amide bonds. The fourth-order valence-corrected chi connectivity index (χ4v) is 1.12. The van der Waals surface area contributed by atoms with E-state index in [2.05, 4.69) is 5.32 Å². The second kappa shape index (κ2) is 4.99. The lowest BCUT2D eigenvalue weighted by Crippen LogP contribution is -2.45. The third-order valence-corrected chi connectivity index (χ3v) is 1.99. The molecule has 4 nitrogen and oxygen atoms in total. The van der Waals surface area contributed by atoms with E-state index in [1.807, 2.05) is 19.1 Å². The molecule has 0 aliphatic heterocycles. The SMILES string of the molecule is CCOc1cccc(NC(=O)C(C)(C)N)c1. The molecule has 1 aromatic rings. The van der Waals surface area contributed by atoms with E-state index >= 15 is 0 Å². The maximum Gasteiger partial charge on any atom is 0.243 e. The summed E-state index contributed by atoms with van der Waals surface area (Å²) >= 11 is 0. The van der Waals surface area contributed by atoms with Crippen molar-refractivity contribution in [2.45, 2.75) is 26.3 Å². The van der Waals surface area contributed by atoms with E-state index in [0.29, 0.717) is 12.3 Å². The van der Waals surface area contributed by atoms with Crippen molar-refractivity contribution < 1.29 is 9.53 Å². The molecule has 0 saturated carbocycles. The van der Waals surface area contributed by atoms with Crippen LogP contribution < -0.4 is 15.8 Å². The largest absolute Gasteiger partial charge is 0.494 e. The third kappa shape index (κ3) is 3.55. The number of anilines is 1. The Morgan fingerprint density at radius 1 is 1.50 bits per heavy atom. The highest BCUT2D eigenvalue weighted by Gasteiger charge is 2.21. The van der Waals surface area contributed by atoms with Crippen molar-refractivity contribution in [2.75, 3.05) is 11.9 Å². The number of amides is 1. The first kappa shape index (κ1) is 12.5. The highest BCUT2D eigenvalue weighted by atomic mass is 16.5. The van der Waals surface area contributed by atoms with E-state index in [9.17, 15) is 4.79 Å². The monoisotopic (exact) mass is 222 g/mol. The second-order valence-electron chi connectivity index (χ2n) is 4.14. The van der Waals surface area contributed by atoms with Crippen LogP contribution in [0.2, 0.25) is 0 Å². The van der Waals surface area contributed by atoms with Gasteiger partial charge in [-0.3, -0.25) is 4.79 Å². The molecule has 1 rings (SSSR count). The van der Waals surface area contributed by atoms with Gasteiger partial charge in [-0.15, -0.1) is 0 Å². The maximum atomic E-state index is 11.6. The summed E-state index contributed by atoms with van der Waals surface area (Å²) in [4.78, 5) is 11.6. The summed E-state index contributed by atoms with van der Waals surface area (Å²) in [5.74, 6) is 0.510. The lowest BCUT2D eigenvalue weighted by molar-refractivity contribution is -0.120. The molecule has 88 valence electrons. The maximum absolute atomic E-state index is 11.6. The van der Waals surface area contributed by atoms with Gasteiger partial charge in [0.05, 0.1) is 12.1 Å². The molecule has 1 aromatic carbocycles. The Kier molecular flexibility index (Phi) is 3.90. The Labute approximate surface area is 95.8 Å². The zero-order valence-electron chi connectivity index (χ0n) is 9.91. The summed E-state index contributed by atoms with van der Waals surface area (Å²) in [7, 11) is 0. The van der Waals surface area contributed by atoms with Crippen molar-refractivity contribution in [1.82, 2.24) is 0 Å². The summed E-state index contributed by atoms with van der Waals surface area (Å²) < 4.78 is 5.33. The van der Waals surface area contributed by atoms with Gasteiger partial charge in [-0.25, -0.2) is 0 Å². The minimum atomic E-state index is -0.887. The molecule has 0 heterocycles. The van der Waals surface area contributed by atoms with Crippen LogP contribution in [0.3, 0.4) is 0 Å². The van der Waals surface area contributed by atoms with Crippen LogP contribution in [0.1, 0.15) is 20.8 Å². The quantitative estimate of drug-likeness (QED) is 0.816. The fourth-order valence-electron chi connectivity index (χ4n) is 1.12. The predicted molar refractivity (Wildman–Crippen MR) is 64.5 cm³/mol. The summed E-state index contributed by atoms with van der Waals surface area (Å²) in [5, 5.41) is 2.74. The predicted octanol–water partition coefficient (Wildman–Crippen LogP) is 1.76. The Morgan fingerprint density at radius 2 is 2.19 bits per heavy atom. The number of benzene rings is 1. The molecule has 0 aromatic heterocycles. The van der Waals surface area contributed by atoms with Gasteiger partial charge in [-0.1, -0.05) is 6.07 Å². The molecule has 0 atom stereocenters. The van der Waals surface area contributed by atoms with Gasteiger partial charge < -0.3 is 15.8 Å². The molecular formula is C12H18N2O2. The fraction of sp³-hybridized carbons (Fsp3) is 0.417. The number of carbonyl (C=O) groups is 1. The van der Waals surface area contributed by atoms with E-state index in [1.165, 1.54) is 0 Å². The molecule has 0 spiro atoms. The highest BCUT2D eigenvalue weighted by Crippen LogP contribution is 2.18. The Hall–Kier alpha value is -1.55. The molecule has 16 heavy (non-hydrogen) atoms. The van der Waals surface area contributed by atoms with Gasteiger partial charge in [0.2, 0.25) is 5.91 Å². The lowest BCUT2D eigenvalue weighted by atomic mass is 10.1. The first-order chi connectivity index (χ1) is 7.43. The van der Waals surface area contributed by atoms with Crippen LogP contribution in [0.15, 0.2) is 24.3 Å². The van der Waals surface area contributed by atoms with Crippen LogP contribution in [0.25, 0.3) is 0 Å². The molecule has 3 N–H and O–H groups in total. The lowest BCUT2D eigenvalue weighted by Gasteiger charge is -2.18. The smallest absolute Gasteiger partial charge is 0.243 e. The van der Waals surface area contributed by atoms with Gasteiger partial charge in [0, 0.05) is 11.8 Å². The van der Waals surface area contributed by atoms with Crippen molar-refractivity contribution in [1.29, 1.82) is 0 Å². The Balaban J connectivity index is 2.74. The number of carbonyl (C=O) groups excluding carboxylic acids is 1. The van der Waals surface area contributed by atoms with Crippen LogP contribution in [0, 0.1) is 0 Å². The van der Waals surface area contributed by atoms with Crippen LogP contribution in [-0.4, -0.2) is 18.1 Å². The van der Waals surface area contributed by atoms with E-state index in [0.717, 1.165) is 5.75 Å². The molecular weight excluding hydrogens is 204 g/mol. The van der Waals surface area contributed by atoms with Gasteiger partial charge in [-0.2, -0.15) is 0 Å². The van der Waals surface area contributed by atoms with Crippen LogP contribution in [0.4, 0.5) is 5.69 Å². The highest BCUT2D eigenvalue weighted by molar-refractivity contribution is 5.97. The summed E-state index contributed by atoms with van der Waals surface area (Å²) in [6.07, 6.45) is 0. The summed E-state index contributed by atoms with van der Waals surface area (Å²) in [6, 6.07) is 7.23.